The molecule has 3 aliphatic rings. The van der Waals surface area contributed by atoms with Gasteiger partial charge in [0.25, 0.3) is 0 Å². The van der Waals surface area contributed by atoms with Crippen molar-refractivity contribution in [3.8, 4) is 0 Å². The van der Waals surface area contributed by atoms with Crippen LogP contribution < -0.4 is 0 Å². The number of esters is 1. The number of carbonyl (C=O) groups excluding carboxylic acids is 3. The van der Waals surface area contributed by atoms with Crippen molar-refractivity contribution >= 4 is 17.9 Å². The molecule has 2 saturated heterocycles. The topological polar surface area (TPSA) is 88.6 Å². The van der Waals surface area contributed by atoms with Gasteiger partial charge in [0, 0.05) is 20.1 Å². The standard InChI is InChI=1S/C17H25N3O6/c1-24-11-12-5-3-9-18(12)17(23)19-10-4-6-15(26-19)20-13(16(22)25-2)7-8-14(20)21/h4,6,12-13,15H,3,5,7-11H2,1-2H3/t12-,13+,15-/m1/s1. The van der Waals surface area contributed by atoms with E-state index in [-0.39, 0.29) is 30.9 Å². The molecule has 3 amide bonds. The predicted octanol–water partition coefficient (Wildman–Crippen LogP) is 0.511. The molecule has 26 heavy (non-hydrogen) atoms. The maximum Gasteiger partial charge on any atom is 0.344 e. The van der Waals surface area contributed by atoms with E-state index in [1.807, 2.05) is 0 Å². The third-order valence-corrected chi connectivity index (χ3v) is 5.01. The van der Waals surface area contributed by atoms with E-state index in [4.69, 9.17) is 14.3 Å². The zero-order valence-electron chi connectivity index (χ0n) is 15.1. The van der Waals surface area contributed by atoms with Crippen molar-refractivity contribution in [1.82, 2.24) is 14.9 Å². The Morgan fingerprint density at radius 2 is 2.12 bits per heavy atom. The van der Waals surface area contributed by atoms with E-state index in [0.717, 1.165) is 12.8 Å². The van der Waals surface area contributed by atoms with Crippen LogP contribution in [0, 0.1) is 0 Å². The van der Waals surface area contributed by atoms with E-state index in [1.165, 1.54) is 17.1 Å². The molecule has 0 aromatic heterocycles. The fraction of sp³-hybridized carbons (Fsp3) is 0.706. The van der Waals surface area contributed by atoms with Crippen molar-refractivity contribution in [3.63, 3.8) is 0 Å². The Hall–Kier alpha value is -2.13. The average molecular weight is 367 g/mol. The Morgan fingerprint density at radius 1 is 1.31 bits per heavy atom. The lowest BCUT2D eigenvalue weighted by molar-refractivity contribution is -0.205. The fourth-order valence-electron chi connectivity index (χ4n) is 3.73. The van der Waals surface area contributed by atoms with E-state index in [0.29, 0.717) is 19.6 Å². The summed E-state index contributed by atoms with van der Waals surface area (Å²) in [5.74, 6) is -0.668. The third-order valence-electron chi connectivity index (χ3n) is 5.01. The second kappa shape index (κ2) is 8.05. The Kier molecular flexibility index (Phi) is 5.77. The van der Waals surface area contributed by atoms with E-state index >= 15 is 0 Å². The van der Waals surface area contributed by atoms with Crippen LogP contribution >= 0.6 is 0 Å². The summed E-state index contributed by atoms with van der Waals surface area (Å²) in [4.78, 5) is 45.9. The van der Waals surface area contributed by atoms with Gasteiger partial charge in [-0.1, -0.05) is 6.08 Å². The lowest BCUT2D eigenvalue weighted by atomic mass is 10.2. The first-order valence-corrected chi connectivity index (χ1v) is 8.86. The van der Waals surface area contributed by atoms with Gasteiger partial charge in [0.15, 0.2) is 6.23 Å². The number of methoxy groups -OCH3 is 2. The maximum absolute atomic E-state index is 12.8. The molecule has 0 aromatic rings. The van der Waals surface area contributed by atoms with Crippen LogP contribution in [0.5, 0.6) is 0 Å². The third kappa shape index (κ3) is 3.54. The predicted molar refractivity (Wildman–Crippen MR) is 89.6 cm³/mol. The molecule has 0 bridgehead atoms. The summed E-state index contributed by atoms with van der Waals surface area (Å²) >= 11 is 0. The lowest BCUT2D eigenvalue weighted by Crippen LogP contribution is -2.54. The van der Waals surface area contributed by atoms with Crippen LogP contribution in [0.25, 0.3) is 0 Å². The normalized spacial score (nSPS) is 28.8. The first-order chi connectivity index (χ1) is 12.6. The fourth-order valence-corrected chi connectivity index (χ4v) is 3.73. The first-order valence-electron chi connectivity index (χ1n) is 8.86. The average Bonchev–Trinajstić information content (AvgIpc) is 3.27. The number of amides is 3. The highest BCUT2D eigenvalue weighted by molar-refractivity contribution is 5.88. The van der Waals surface area contributed by atoms with Crippen molar-refractivity contribution in [2.75, 3.05) is 33.9 Å². The Labute approximate surface area is 152 Å². The summed E-state index contributed by atoms with van der Waals surface area (Å²) in [6, 6.07) is -0.915. The van der Waals surface area contributed by atoms with Gasteiger partial charge in [0.2, 0.25) is 5.91 Å². The highest BCUT2D eigenvalue weighted by atomic mass is 16.7. The molecule has 0 saturated carbocycles. The molecule has 9 heteroatoms. The summed E-state index contributed by atoms with van der Waals surface area (Å²) in [5.41, 5.74) is 0. The molecule has 0 N–H and O–H groups in total. The number of hydrogen-bond acceptors (Lipinski definition) is 6. The van der Waals surface area contributed by atoms with Crippen LogP contribution in [-0.4, -0.2) is 85.0 Å². The van der Waals surface area contributed by atoms with E-state index in [1.54, 1.807) is 24.2 Å². The molecule has 0 unspecified atom stereocenters. The van der Waals surface area contributed by atoms with Gasteiger partial charge >= 0.3 is 12.0 Å². The summed E-state index contributed by atoms with van der Waals surface area (Å²) in [6.45, 7) is 1.42. The number of ether oxygens (including phenoxy) is 2. The SMILES string of the molecule is COC[C@H]1CCCN1C(=O)N1CC=C[C@H](N2C(=O)CC[C@H]2C(=O)OC)O1. The van der Waals surface area contributed by atoms with Gasteiger partial charge < -0.3 is 14.4 Å². The summed E-state index contributed by atoms with van der Waals surface area (Å²) in [5, 5.41) is 1.25. The number of rotatable bonds is 4. The highest BCUT2D eigenvalue weighted by Gasteiger charge is 2.43. The molecular weight excluding hydrogens is 342 g/mol. The monoisotopic (exact) mass is 367 g/mol. The molecular formula is C17H25N3O6. The second-order valence-electron chi connectivity index (χ2n) is 6.59. The van der Waals surface area contributed by atoms with Gasteiger partial charge in [-0.25, -0.2) is 14.4 Å². The number of nitrogens with zero attached hydrogens (tertiary/aromatic N) is 3. The van der Waals surface area contributed by atoms with Crippen molar-refractivity contribution in [2.45, 2.75) is 44.0 Å². The molecule has 144 valence electrons. The highest BCUT2D eigenvalue weighted by Crippen LogP contribution is 2.27. The minimum Gasteiger partial charge on any atom is -0.467 e. The summed E-state index contributed by atoms with van der Waals surface area (Å²) in [6.07, 6.45) is 5.12. The molecule has 0 spiro atoms. The van der Waals surface area contributed by atoms with Gasteiger partial charge in [-0.3, -0.25) is 9.69 Å². The van der Waals surface area contributed by atoms with Gasteiger partial charge in [0.05, 0.1) is 26.3 Å². The lowest BCUT2D eigenvalue weighted by Gasteiger charge is -2.37. The van der Waals surface area contributed by atoms with E-state index in [2.05, 4.69) is 0 Å². The molecule has 3 aliphatic heterocycles. The van der Waals surface area contributed by atoms with Crippen LogP contribution in [0.1, 0.15) is 25.7 Å². The van der Waals surface area contributed by atoms with Gasteiger partial charge in [0.1, 0.15) is 6.04 Å². The first kappa shape index (κ1) is 18.7. The van der Waals surface area contributed by atoms with Crippen LogP contribution in [0.15, 0.2) is 12.2 Å². The van der Waals surface area contributed by atoms with Crippen molar-refractivity contribution in [3.05, 3.63) is 12.2 Å². The smallest absolute Gasteiger partial charge is 0.344 e. The number of likely N-dealkylation sites (tertiary alicyclic amines) is 2. The van der Waals surface area contributed by atoms with Gasteiger partial charge in [-0.2, -0.15) is 5.06 Å². The van der Waals surface area contributed by atoms with Crippen LogP contribution in [0.2, 0.25) is 0 Å². The summed E-state index contributed by atoms with van der Waals surface area (Å²) in [7, 11) is 2.91. The molecule has 3 atom stereocenters. The number of urea groups is 1. The Balaban J connectivity index is 1.70. The number of hydroxylamine groups is 2. The number of carbonyl (C=O) groups is 3. The zero-order chi connectivity index (χ0) is 18.7. The molecule has 2 fully saturated rings. The molecule has 3 rings (SSSR count). The second-order valence-corrected chi connectivity index (χ2v) is 6.59. The quantitative estimate of drug-likeness (QED) is 0.531. The molecule has 0 radical (unpaired) electrons. The Morgan fingerprint density at radius 3 is 2.85 bits per heavy atom. The Bertz CT molecular complexity index is 595. The van der Waals surface area contributed by atoms with Crippen molar-refractivity contribution in [2.24, 2.45) is 0 Å². The van der Waals surface area contributed by atoms with Crippen molar-refractivity contribution in [1.29, 1.82) is 0 Å². The zero-order valence-corrected chi connectivity index (χ0v) is 15.1. The largest absolute Gasteiger partial charge is 0.467 e. The van der Waals surface area contributed by atoms with E-state index in [9.17, 15) is 14.4 Å². The van der Waals surface area contributed by atoms with Gasteiger partial charge in [-0.15, -0.1) is 0 Å². The van der Waals surface area contributed by atoms with E-state index < -0.39 is 18.2 Å². The molecule has 9 nitrogen and oxygen atoms in total. The minimum atomic E-state index is -0.796. The molecule has 0 aliphatic carbocycles. The van der Waals surface area contributed by atoms with Crippen LogP contribution in [0.4, 0.5) is 4.79 Å². The van der Waals surface area contributed by atoms with Gasteiger partial charge in [-0.05, 0) is 25.3 Å². The van der Waals surface area contributed by atoms with Crippen LogP contribution in [-0.2, 0) is 23.9 Å². The summed E-state index contributed by atoms with van der Waals surface area (Å²) < 4.78 is 9.98. The van der Waals surface area contributed by atoms with Crippen molar-refractivity contribution < 1.29 is 28.7 Å². The maximum atomic E-state index is 12.8. The molecule has 3 heterocycles. The molecule has 0 aromatic carbocycles. The minimum absolute atomic E-state index is 0.0247. The number of hydrogen-bond donors (Lipinski definition) is 0. The van der Waals surface area contributed by atoms with Crippen LogP contribution in [0.3, 0.4) is 0 Å².